The Kier molecular flexibility index (Phi) is 3.99. The minimum absolute atomic E-state index is 0.508. The maximum atomic E-state index is 6.24. The summed E-state index contributed by atoms with van der Waals surface area (Å²) in [6.45, 7) is 2.44. The number of benzene rings is 1. The van der Waals surface area contributed by atoms with Crippen LogP contribution in [0.2, 0.25) is 5.02 Å². The van der Waals surface area contributed by atoms with Crippen molar-refractivity contribution in [3.05, 3.63) is 17.2 Å². The fourth-order valence-electron chi connectivity index (χ4n) is 2.22. The van der Waals surface area contributed by atoms with Crippen LogP contribution in [0.1, 0.15) is 12.8 Å². The van der Waals surface area contributed by atoms with E-state index in [0.717, 1.165) is 9.38 Å². The third kappa shape index (κ3) is 3.05. The van der Waals surface area contributed by atoms with Gasteiger partial charge in [-0.3, -0.25) is 0 Å². The van der Waals surface area contributed by atoms with Gasteiger partial charge in [-0.15, -0.1) is 11.8 Å². The van der Waals surface area contributed by atoms with Gasteiger partial charge in [-0.05, 0) is 12.1 Å². The van der Waals surface area contributed by atoms with Crippen molar-refractivity contribution in [2.45, 2.75) is 23.0 Å². The molecule has 0 saturated carbocycles. The summed E-state index contributed by atoms with van der Waals surface area (Å²) in [5.74, 6) is 0. The summed E-state index contributed by atoms with van der Waals surface area (Å²) >= 11 is 8.08. The van der Waals surface area contributed by atoms with E-state index >= 15 is 0 Å². The molecule has 0 bridgehead atoms. The maximum absolute atomic E-state index is 6.24. The molecule has 3 nitrogen and oxygen atoms in total. The van der Waals surface area contributed by atoms with Gasteiger partial charge in [0.15, 0.2) is 0 Å². The van der Waals surface area contributed by atoms with Gasteiger partial charge < -0.3 is 16.0 Å². The Labute approximate surface area is 118 Å². The smallest absolute Gasteiger partial charge is 0.0793 e. The number of nitrogens with two attached hydrogens (primary N) is 2. The van der Waals surface area contributed by atoms with Crippen molar-refractivity contribution >= 4 is 34.7 Å². The first kappa shape index (κ1) is 13.8. The molecule has 1 aromatic rings. The molecule has 4 N–H and O–H groups in total. The van der Waals surface area contributed by atoms with Gasteiger partial charge >= 0.3 is 0 Å². The van der Waals surface area contributed by atoms with Crippen LogP contribution in [0.15, 0.2) is 17.0 Å². The van der Waals surface area contributed by atoms with Crippen molar-refractivity contribution in [1.29, 1.82) is 0 Å². The van der Waals surface area contributed by atoms with E-state index < -0.39 is 0 Å². The molecule has 0 atom stereocenters. The van der Waals surface area contributed by atoms with Crippen LogP contribution in [0.3, 0.4) is 0 Å². The highest BCUT2D eigenvalue weighted by molar-refractivity contribution is 8.00. The fourth-order valence-corrected chi connectivity index (χ4v) is 3.69. The van der Waals surface area contributed by atoms with E-state index in [1.807, 2.05) is 23.9 Å². The van der Waals surface area contributed by atoms with Crippen LogP contribution < -0.4 is 11.5 Å². The highest BCUT2D eigenvalue weighted by atomic mass is 35.5. The van der Waals surface area contributed by atoms with E-state index in [9.17, 15) is 0 Å². The van der Waals surface area contributed by atoms with E-state index in [1.54, 1.807) is 0 Å². The molecular formula is C13H21ClN3S+. The van der Waals surface area contributed by atoms with E-state index in [1.165, 1.54) is 25.9 Å². The zero-order chi connectivity index (χ0) is 13.3. The Morgan fingerprint density at radius 1 is 1.22 bits per heavy atom. The summed E-state index contributed by atoms with van der Waals surface area (Å²) in [4.78, 5) is 1.06. The molecule has 0 unspecified atom stereocenters. The van der Waals surface area contributed by atoms with Crippen molar-refractivity contribution in [3.8, 4) is 0 Å². The summed E-state index contributed by atoms with van der Waals surface area (Å²) in [5.41, 5.74) is 12.7. The lowest BCUT2D eigenvalue weighted by atomic mass is 10.1. The van der Waals surface area contributed by atoms with Crippen molar-refractivity contribution < 1.29 is 4.48 Å². The fraction of sp³-hybridized carbons (Fsp3) is 0.538. The summed E-state index contributed by atoms with van der Waals surface area (Å²) in [5, 5.41) is 1.25. The number of likely N-dealkylation sites (tertiary alicyclic amines) is 1. The van der Waals surface area contributed by atoms with Gasteiger partial charge in [-0.1, -0.05) is 11.6 Å². The number of hydrogen-bond donors (Lipinski definition) is 2. The Hall–Kier alpha value is -0.580. The Morgan fingerprint density at radius 2 is 1.83 bits per heavy atom. The quantitative estimate of drug-likeness (QED) is 0.649. The monoisotopic (exact) mass is 286 g/mol. The molecule has 1 fully saturated rings. The minimum atomic E-state index is 0.508. The first-order valence-electron chi connectivity index (χ1n) is 6.21. The first-order valence-corrected chi connectivity index (χ1v) is 7.47. The van der Waals surface area contributed by atoms with E-state index in [0.29, 0.717) is 21.6 Å². The molecular weight excluding hydrogens is 266 g/mol. The predicted molar refractivity (Wildman–Crippen MR) is 81.0 cm³/mol. The second-order valence-corrected chi connectivity index (χ2v) is 7.30. The Balaban J connectivity index is 2.05. The van der Waals surface area contributed by atoms with Crippen molar-refractivity contribution in [2.24, 2.45) is 0 Å². The zero-order valence-corrected chi connectivity index (χ0v) is 12.5. The van der Waals surface area contributed by atoms with Crippen molar-refractivity contribution in [1.82, 2.24) is 0 Å². The van der Waals surface area contributed by atoms with E-state index in [4.69, 9.17) is 23.1 Å². The third-order valence-electron chi connectivity index (χ3n) is 3.58. The molecule has 0 spiro atoms. The Morgan fingerprint density at radius 3 is 2.44 bits per heavy atom. The SMILES string of the molecule is C[N+]1(C)CCC(Sc2ccc(N)c(N)c2Cl)CC1. The van der Waals surface area contributed by atoms with Gasteiger partial charge in [0.2, 0.25) is 0 Å². The zero-order valence-electron chi connectivity index (χ0n) is 10.9. The number of thioether (sulfide) groups is 1. The van der Waals surface area contributed by atoms with Crippen LogP contribution in [-0.4, -0.2) is 36.9 Å². The van der Waals surface area contributed by atoms with Crippen molar-refractivity contribution in [3.63, 3.8) is 0 Å². The molecule has 100 valence electrons. The molecule has 0 radical (unpaired) electrons. The number of hydrogen-bond acceptors (Lipinski definition) is 3. The maximum Gasteiger partial charge on any atom is 0.0793 e. The molecule has 1 heterocycles. The number of piperidine rings is 1. The molecule has 18 heavy (non-hydrogen) atoms. The summed E-state index contributed by atoms with van der Waals surface area (Å²) in [7, 11) is 4.57. The van der Waals surface area contributed by atoms with Gasteiger partial charge in [-0.25, -0.2) is 0 Å². The first-order chi connectivity index (χ1) is 8.39. The molecule has 2 rings (SSSR count). The number of nitrogen functional groups attached to an aromatic ring is 2. The van der Waals surface area contributed by atoms with E-state index in [2.05, 4.69) is 14.1 Å². The van der Waals surface area contributed by atoms with Gasteiger partial charge in [0.05, 0.1) is 43.6 Å². The number of halogens is 1. The lowest BCUT2D eigenvalue weighted by molar-refractivity contribution is -0.894. The van der Waals surface area contributed by atoms with Crippen LogP contribution in [0, 0.1) is 0 Å². The average molecular weight is 287 g/mol. The second kappa shape index (κ2) is 5.19. The molecule has 0 aromatic heterocycles. The lowest BCUT2D eigenvalue weighted by Gasteiger charge is -2.37. The second-order valence-electron chi connectivity index (χ2n) is 5.58. The van der Waals surface area contributed by atoms with Crippen LogP contribution in [-0.2, 0) is 0 Å². The number of rotatable bonds is 2. The molecule has 1 aliphatic rings. The van der Waals surface area contributed by atoms with Crippen LogP contribution in [0.5, 0.6) is 0 Å². The van der Waals surface area contributed by atoms with E-state index in [-0.39, 0.29) is 0 Å². The van der Waals surface area contributed by atoms with Crippen LogP contribution in [0.25, 0.3) is 0 Å². The predicted octanol–water partition coefficient (Wildman–Crippen LogP) is 2.84. The number of anilines is 2. The number of nitrogens with zero attached hydrogens (tertiary/aromatic N) is 1. The highest BCUT2D eigenvalue weighted by Crippen LogP contribution is 2.39. The third-order valence-corrected chi connectivity index (χ3v) is 5.50. The summed E-state index contributed by atoms with van der Waals surface area (Å²) in [6.07, 6.45) is 2.44. The number of quaternary nitrogens is 1. The van der Waals surface area contributed by atoms with Crippen molar-refractivity contribution in [2.75, 3.05) is 38.7 Å². The lowest BCUT2D eigenvalue weighted by Crippen LogP contribution is -2.46. The molecule has 0 aliphatic carbocycles. The standard InChI is InChI=1S/C13H21ClN3S/c1-17(2)7-5-9(6-8-17)18-11-4-3-10(15)13(16)12(11)14/h3-4,9H,5-8,15-16H2,1-2H3/q+1. The van der Waals surface area contributed by atoms with Crippen LogP contribution in [0.4, 0.5) is 11.4 Å². The molecule has 1 aliphatic heterocycles. The topological polar surface area (TPSA) is 52.0 Å². The summed E-state index contributed by atoms with van der Waals surface area (Å²) in [6, 6.07) is 3.82. The average Bonchev–Trinajstić information content (AvgIpc) is 2.32. The summed E-state index contributed by atoms with van der Waals surface area (Å²) < 4.78 is 1.12. The van der Waals surface area contributed by atoms with Gasteiger partial charge in [0, 0.05) is 23.0 Å². The van der Waals surface area contributed by atoms with Gasteiger partial charge in [-0.2, -0.15) is 0 Å². The molecule has 0 amide bonds. The van der Waals surface area contributed by atoms with Crippen LogP contribution >= 0.6 is 23.4 Å². The Bertz CT molecular complexity index is 438. The molecule has 1 aromatic carbocycles. The molecule has 1 saturated heterocycles. The minimum Gasteiger partial charge on any atom is -0.397 e. The van der Waals surface area contributed by atoms with Gasteiger partial charge in [0.25, 0.3) is 0 Å². The molecule has 5 heteroatoms. The highest BCUT2D eigenvalue weighted by Gasteiger charge is 2.27. The largest absolute Gasteiger partial charge is 0.397 e. The normalized spacial score (nSPS) is 19.9. The van der Waals surface area contributed by atoms with Gasteiger partial charge in [0.1, 0.15) is 0 Å².